The molecule has 150 valence electrons. The van der Waals surface area contributed by atoms with E-state index in [0.29, 0.717) is 23.7 Å². The predicted octanol–water partition coefficient (Wildman–Crippen LogP) is 4.78. The van der Waals surface area contributed by atoms with Gasteiger partial charge in [0.1, 0.15) is 17.9 Å². The normalized spacial score (nSPS) is 18.8. The van der Waals surface area contributed by atoms with Crippen molar-refractivity contribution in [2.24, 2.45) is 0 Å². The molecule has 1 N–H and O–H groups in total. The number of alkyl halides is 3. The standard InChI is InChI=1S/C20H20F3NO3S/c1-13(19(25)26)24-11-10-15(12-24)27-17-4-2-3-5-18(17)28-16-8-6-14(7-9-16)20(21,22)23/h2-9,13,15H,10-12H2,1H3,(H,25,26). The van der Waals surface area contributed by atoms with Gasteiger partial charge in [-0.25, -0.2) is 0 Å². The molecule has 1 aliphatic rings. The number of aliphatic carboxylic acids is 1. The van der Waals surface area contributed by atoms with Crippen LogP contribution >= 0.6 is 11.8 Å². The number of nitrogens with zero attached hydrogens (tertiary/aromatic N) is 1. The summed E-state index contributed by atoms with van der Waals surface area (Å²) in [5.41, 5.74) is -0.681. The van der Waals surface area contributed by atoms with Crippen LogP contribution in [-0.2, 0) is 11.0 Å². The Hall–Kier alpha value is -2.19. The fourth-order valence-corrected chi connectivity index (χ4v) is 3.90. The van der Waals surface area contributed by atoms with Gasteiger partial charge in [0, 0.05) is 18.0 Å². The first-order valence-corrected chi connectivity index (χ1v) is 9.63. The smallest absolute Gasteiger partial charge is 0.416 e. The molecule has 1 heterocycles. The lowest BCUT2D eigenvalue weighted by Gasteiger charge is -2.21. The molecule has 4 nitrogen and oxygen atoms in total. The van der Waals surface area contributed by atoms with Crippen molar-refractivity contribution in [3.05, 3.63) is 54.1 Å². The third-order valence-electron chi connectivity index (χ3n) is 4.63. The second kappa shape index (κ2) is 8.45. The van der Waals surface area contributed by atoms with E-state index in [9.17, 15) is 18.0 Å². The SMILES string of the molecule is CC(C(=O)O)N1CCC(Oc2ccccc2Sc2ccc(C(F)(F)F)cc2)C1. The van der Waals surface area contributed by atoms with Crippen LogP contribution in [0.3, 0.4) is 0 Å². The van der Waals surface area contributed by atoms with Crippen LogP contribution in [0.5, 0.6) is 5.75 Å². The number of hydrogen-bond acceptors (Lipinski definition) is 4. The summed E-state index contributed by atoms with van der Waals surface area (Å²) in [6.45, 7) is 2.82. The van der Waals surface area contributed by atoms with E-state index < -0.39 is 23.8 Å². The van der Waals surface area contributed by atoms with E-state index in [4.69, 9.17) is 9.84 Å². The van der Waals surface area contributed by atoms with E-state index >= 15 is 0 Å². The van der Waals surface area contributed by atoms with Crippen molar-refractivity contribution in [2.45, 2.75) is 41.5 Å². The number of likely N-dealkylation sites (tertiary alicyclic amines) is 1. The van der Waals surface area contributed by atoms with Crippen LogP contribution < -0.4 is 4.74 Å². The molecule has 1 saturated heterocycles. The Bertz CT molecular complexity index is 826. The Labute approximate surface area is 165 Å². The zero-order chi connectivity index (χ0) is 20.3. The van der Waals surface area contributed by atoms with Crippen LogP contribution in [0.15, 0.2) is 58.3 Å². The number of para-hydroxylation sites is 1. The number of halogens is 3. The van der Waals surface area contributed by atoms with E-state index in [1.54, 1.807) is 6.92 Å². The van der Waals surface area contributed by atoms with Gasteiger partial charge >= 0.3 is 12.1 Å². The van der Waals surface area contributed by atoms with Crippen molar-refractivity contribution in [2.75, 3.05) is 13.1 Å². The number of ether oxygens (including phenoxy) is 1. The highest BCUT2D eigenvalue weighted by molar-refractivity contribution is 7.99. The van der Waals surface area contributed by atoms with Gasteiger partial charge in [-0.15, -0.1) is 0 Å². The fraction of sp³-hybridized carbons (Fsp3) is 0.350. The van der Waals surface area contributed by atoms with Gasteiger partial charge in [-0.2, -0.15) is 13.2 Å². The molecular weight excluding hydrogens is 391 g/mol. The van der Waals surface area contributed by atoms with Gasteiger partial charge in [-0.3, -0.25) is 9.69 Å². The maximum atomic E-state index is 12.7. The molecule has 0 spiro atoms. The maximum Gasteiger partial charge on any atom is 0.416 e. The number of carboxylic acid groups (broad SMARTS) is 1. The van der Waals surface area contributed by atoms with Crippen molar-refractivity contribution in [3.8, 4) is 5.75 Å². The Morgan fingerprint density at radius 2 is 1.89 bits per heavy atom. The quantitative estimate of drug-likeness (QED) is 0.741. The van der Waals surface area contributed by atoms with E-state index in [0.717, 1.165) is 23.4 Å². The molecule has 1 aliphatic heterocycles. The molecule has 0 aromatic heterocycles. The van der Waals surface area contributed by atoms with Crippen molar-refractivity contribution in [1.29, 1.82) is 0 Å². The van der Waals surface area contributed by atoms with Gasteiger partial charge in [0.05, 0.1) is 10.5 Å². The minimum absolute atomic E-state index is 0.129. The van der Waals surface area contributed by atoms with E-state index in [2.05, 4.69) is 0 Å². The first-order valence-electron chi connectivity index (χ1n) is 8.81. The lowest BCUT2D eigenvalue weighted by Crippen LogP contribution is -2.38. The van der Waals surface area contributed by atoms with Crippen LogP contribution in [0.25, 0.3) is 0 Å². The van der Waals surface area contributed by atoms with E-state index in [-0.39, 0.29) is 6.10 Å². The van der Waals surface area contributed by atoms with Gasteiger partial charge in [-0.1, -0.05) is 23.9 Å². The second-order valence-corrected chi connectivity index (χ2v) is 7.72. The van der Waals surface area contributed by atoms with Crippen LogP contribution in [0.2, 0.25) is 0 Å². The molecular formula is C20H20F3NO3S. The lowest BCUT2D eigenvalue weighted by molar-refractivity contribution is -0.142. The predicted molar refractivity (Wildman–Crippen MR) is 99.7 cm³/mol. The van der Waals surface area contributed by atoms with Crippen LogP contribution in [-0.4, -0.2) is 41.2 Å². The Kier molecular flexibility index (Phi) is 6.20. The summed E-state index contributed by atoms with van der Waals surface area (Å²) >= 11 is 1.33. The van der Waals surface area contributed by atoms with Gasteiger partial charge < -0.3 is 9.84 Å². The molecule has 2 aromatic carbocycles. The third kappa shape index (κ3) is 4.99. The average Bonchev–Trinajstić information content (AvgIpc) is 3.11. The summed E-state index contributed by atoms with van der Waals surface area (Å²) in [4.78, 5) is 14.5. The molecule has 28 heavy (non-hydrogen) atoms. The highest BCUT2D eigenvalue weighted by Gasteiger charge is 2.31. The summed E-state index contributed by atoms with van der Waals surface area (Å²) in [6.07, 6.45) is -3.76. The highest BCUT2D eigenvalue weighted by Crippen LogP contribution is 2.37. The largest absolute Gasteiger partial charge is 0.488 e. The Morgan fingerprint density at radius 1 is 1.21 bits per heavy atom. The molecule has 0 bridgehead atoms. The van der Waals surface area contributed by atoms with Crippen molar-refractivity contribution in [1.82, 2.24) is 4.90 Å². The number of carbonyl (C=O) groups is 1. The topological polar surface area (TPSA) is 49.8 Å². The van der Waals surface area contributed by atoms with Crippen molar-refractivity contribution < 1.29 is 27.8 Å². The molecule has 0 aliphatic carbocycles. The molecule has 0 radical (unpaired) electrons. The van der Waals surface area contributed by atoms with Gasteiger partial charge in [-0.05, 0) is 49.7 Å². The highest BCUT2D eigenvalue weighted by atomic mass is 32.2. The zero-order valence-electron chi connectivity index (χ0n) is 15.1. The summed E-state index contributed by atoms with van der Waals surface area (Å²) in [5.74, 6) is -0.221. The lowest BCUT2D eigenvalue weighted by atomic mass is 10.2. The molecule has 3 rings (SSSR count). The summed E-state index contributed by atoms with van der Waals surface area (Å²) < 4.78 is 44.2. The number of hydrogen-bond donors (Lipinski definition) is 1. The molecule has 8 heteroatoms. The molecule has 1 fully saturated rings. The van der Waals surface area contributed by atoms with Gasteiger partial charge in [0.2, 0.25) is 0 Å². The first-order chi connectivity index (χ1) is 13.2. The zero-order valence-corrected chi connectivity index (χ0v) is 16.0. The second-order valence-electron chi connectivity index (χ2n) is 6.61. The van der Waals surface area contributed by atoms with Crippen LogP contribution in [0, 0.1) is 0 Å². The minimum atomic E-state index is -4.36. The molecule has 2 aromatic rings. The first kappa shape index (κ1) is 20.5. The summed E-state index contributed by atoms with van der Waals surface area (Å²) in [6, 6.07) is 11.8. The van der Waals surface area contributed by atoms with Crippen LogP contribution in [0.4, 0.5) is 13.2 Å². The molecule has 2 atom stereocenters. The maximum absolute atomic E-state index is 12.7. The van der Waals surface area contributed by atoms with Gasteiger partial charge in [0.15, 0.2) is 0 Å². The van der Waals surface area contributed by atoms with Gasteiger partial charge in [0.25, 0.3) is 0 Å². The monoisotopic (exact) mass is 411 g/mol. The summed E-state index contributed by atoms with van der Waals surface area (Å²) in [7, 11) is 0. The third-order valence-corrected chi connectivity index (χ3v) is 5.70. The van der Waals surface area contributed by atoms with Crippen LogP contribution in [0.1, 0.15) is 18.9 Å². The van der Waals surface area contributed by atoms with Crippen molar-refractivity contribution in [3.63, 3.8) is 0 Å². The number of rotatable bonds is 6. The Balaban J connectivity index is 1.68. The number of carboxylic acids is 1. The molecule has 0 saturated carbocycles. The Morgan fingerprint density at radius 3 is 2.54 bits per heavy atom. The minimum Gasteiger partial charge on any atom is -0.488 e. The van der Waals surface area contributed by atoms with E-state index in [1.807, 2.05) is 29.2 Å². The average molecular weight is 411 g/mol. The molecule has 0 amide bonds. The molecule has 2 unspecified atom stereocenters. The van der Waals surface area contributed by atoms with Crippen molar-refractivity contribution >= 4 is 17.7 Å². The summed E-state index contributed by atoms with van der Waals surface area (Å²) in [5, 5.41) is 9.14. The fourth-order valence-electron chi connectivity index (χ4n) is 3.01. The number of benzene rings is 2. The van der Waals surface area contributed by atoms with E-state index in [1.165, 1.54) is 23.9 Å².